The van der Waals surface area contributed by atoms with Crippen molar-refractivity contribution in [2.45, 2.75) is 25.8 Å². The van der Waals surface area contributed by atoms with Gasteiger partial charge in [-0.15, -0.1) is 11.3 Å². The number of thiazole rings is 1. The van der Waals surface area contributed by atoms with E-state index in [4.69, 9.17) is 16.3 Å². The van der Waals surface area contributed by atoms with Crippen LogP contribution in [-0.2, 0) is 0 Å². The van der Waals surface area contributed by atoms with E-state index in [9.17, 15) is 4.79 Å². The van der Waals surface area contributed by atoms with Crippen LogP contribution in [0.3, 0.4) is 0 Å². The number of benzene rings is 2. The van der Waals surface area contributed by atoms with Crippen molar-refractivity contribution in [1.29, 1.82) is 0 Å². The minimum Gasteiger partial charge on any atom is -0.436 e. The van der Waals surface area contributed by atoms with E-state index in [1.54, 1.807) is 12.1 Å². The van der Waals surface area contributed by atoms with E-state index in [0.717, 1.165) is 22.9 Å². The van der Waals surface area contributed by atoms with Gasteiger partial charge in [-0.2, -0.15) is 0 Å². The summed E-state index contributed by atoms with van der Waals surface area (Å²) in [7, 11) is 0. The number of hydrogen-bond donors (Lipinski definition) is 0. The minimum atomic E-state index is -0.0828. The van der Waals surface area contributed by atoms with Gasteiger partial charge in [0, 0.05) is 19.1 Å². The Labute approximate surface area is 178 Å². The average molecular weight is 426 g/mol. The molecular formula is C22H20ClN3O2S. The third-order valence-electron chi connectivity index (χ3n) is 5.22. The number of rotatable bonds is 4. The van der Waals surface area contributed by atoms with Crippen LogP contribution in [0.15, 0.2) is 48.5 Å². The quantitative estimate of drug-likeness (QED) is 0.551. The highest BCUT2D eigenvalue weighted by Gasteiger charge is 2.36. The number of aryl methyl sites for hydroxylation is 1. The Morgan fingerprint density at radius 3 is 2.59 bits per heavy atom. The van der Waals surface area contributed by atoms with Gasteiger partial charge in [-0.3, -0.25) is 4.79 Å². The molecule has 0 bridgehead atoms. The van der Waals surface area contributed by atoms with Crippen LogP contribution < -0.4 is 14.5 Å². The molecule has 0 N–H and O–H groups in total. The number of aromatic nitrogens is 1. The van der Waals surface area contributed by atoms with Gasteiger partial charge in [0.2, 0.25) is 5.88 Å². The van der Waals surface area contributed by atoms with Crippen molar-refractivity contribution in [2.24, 2.45) is 0 Å². The van der Waals surface area contributed by atoms with Crippen LogP contribution in [0.4, 0.5) is 11.4 Å². The van der Waals surface area contributed by atoms with Crippen LogP contribution >= 0.6 is 22.9 Å². The first-order chi connectivity index (χ1) is 14.1. The number of nitrogens with zero attached hydrogens (tertiary/aromatic N) is 3. The molecule has 1 amide bonds. The molecule has 5 nitrogen and oxygen atoms in total. The molecule has 29 heavy (non-hydrogen) atoms. The van der Waals surface area contributed by atoms with E-state index in [-0.39, 0.29) is 5.91 Å². The molecule has 148 valence electrons. The Balaban J connectivity index is 1.48. The number of carbonyl (C=O) groups excluding carboxylic acids is 1. The number of carbonyl (C=O) groups is 1. The lowest BCUT2D eigenvalue weighted by molar-refractivity contribution is 0.0988. The lowest BCUT2D eigenvalue weighted by Gasteiger charge is -2.37. The summed E-state index contributed by atoms with van der Waals surface area (Å²) >= 11 is 7.58. The summed E-state index contributed by atoms with van der Waals surface area (Å²) in [6.07, 6.45) is 2.46. The lowest BCUT2D eigenvalue weighted by atomic mass is 10.1. The topological polar surface area (TPSA) is 45.7 Å². The van der Waals surface area contributed by atoms with Crippen LogP contribution in [0.1, 0.15) is 27.5 Å². The smallest absolute Gasteiger partial charge is 0.274 e. The summed E-state index contributed by atoms with van der Waals surface area (Å²) in [5, 5.41) is 1.26. The third kappa shape index (κ3) is 3.47. The Bertz CT molecular complexity index is 1080. The lowest BCUT2D eigenvalue weighted by Crippen LogP contribution is -2.44. The molecule has 1 aliphatic heterocycles. The molecule has 1 fully saturated rings. The van der Waals surface area contributed by atoms with Gasteiger partial charge in [0.1, 0.15) is 5.75 Å². The van der Waals surface area contributed by atoms with Crippen molar-refractivity contribution in [3.8, 4) is 11.6 Å². The number of hydrogen-bond acceptors (Lipinski definition) is 5. The van der Waals surface area contributed by atoms with Crippen LogP contribution in [-0.4, -0.2) is 30.0 Å². The molecule has 0 unspecified atom stereocenters. The van der Waals surface area contributed by atoms with Crippen LogP contribution in [0.2, 0.25) is 5.02 Å². The Morgan fingerprint density at radius 2 is 1.83 bits per heavy atom. The fourth-order valence-electron chi connectivity index (χ4n) is 3.73. The van der Waals surface area contributed by atoms with E-state index in [1.165, 1.54) is 24.2 Å². The molecule has 0 radical (unpaired) electrons. The molecule has 3 aromatic rings. The Morgan fingerprint density at radius 1 is 1.10 bits per heavy atom. The number of halogens is 1. The maximum Gasteiger partial charge on any atom is 0.274 e. The fourth-order valence-corrected chi connectivity index (χ4v) is 4.70. The maximum absolute atomic E-state index is 13.5. The van der Waals surface area contributed by atoms with Gasteiger partial charge < -0.3 is 14.5 Å². The number of para-hydroxylation sites is 3. The molecule has 2 aliphatic rings. The van der Waals surface area contributed by atoms with Crippen molar-refractivity contribution >= 4 is 40.2 Å². The highest BCUT2D eigenvalue weighted by molar-refractivity contribution is 7.14. The second-order valence-corrected chi connectivity index (χ2v) is 8.88. The van der Waals surface area contributed by atoms with Gasteiger partial charge in [0.25, 0.3) is 5.91 Å². The molecule has 1 aliphatic carbocycles. The normalized spacial score (nSPS) is 15.9. The number of anilines is 2. The zero-order chi connectivity index (χ0) is 20.0. The summed E-state index contributed by atoms with van der Waals surface area (Å²) in [6.45, 7) is 3.36. The molecule has 1 saturated carbocycles. The number of fused-ring (bicyclic) bond motifs is 1. The monoisotopic (exact) mass is 425 g/mol. The van der Waals surface area contributed by atoms with E-state index in [2.05, 4.69) is 16.0 Å². The Kier molecular flexibility index (Phi) is 4.68. The van der Waals surface area contributed by atoms with Gasteiger partial charge in [-0.05, 0) is 44.0 Å². The highest BCUT2D eigenvalue weighted by atomic mass is 35.5. The zero-order valence-electron chi connectivity index (χ0n) is 16.0. The van der Waals surface area contributed by atoms with E-state index < -0.39 is 0 Å². The molecule has 0 saturated heterocycles. The second kappa shape index (κ2) is 7.35. The van der Waals surface area contributed by atoms with Crippen LogP contribution in [0.5, 0.6) is 11.6 Å². The van der Waals surface area contributed by atoms with Crippen molar-refractivity contribution in [1.82, 2.24) is 4.98 Å². The van der Waals surface area contributed by atoms with Crippen molar-refractivity contribution < 1.29 is 9.53 Å². The van der Waals surface area contributed by atoms with Gasteiger partial charge in [-0.25, -0.2) is 4.98 Å². The zero-order valence-corrected chi connectivity index (χ0v) is 17.5. The first-order valence-electron chi connectivity index (χ1n) is 9.69. The summed E-state index contributed by atoms with van der Waals surface area (Å²) in [5.41, 5.74) is 2.08. The first kappa shape index (κ1) is 18.5. The van der Waals surface area contributed by atoms with Crippen LogP contribution in [0, 0.1) is 6.92 Å². The number of ether oxygens (including phenoxy) is 1. The summed E-state index contributed by atoms with van der Waals surface area (Å²) in [6, 6.07) is 16.0. The first-order valence-corrected chi connectivity index (χ1v) is 10.9. The van der Waals surface area contributed by atoms with Gasteiger partial charge >= 0.3 is 0 Å². The van der Waals surface area contributed by atoms with Gasteiger partial charge in [-0.1, -0.05) is 35.9 Å². The predicted octanol–water partition coefficient (Wildman–Crippen LogP) is 5.53. The van der Waals surface area contributed by atoms with Gasteiger partial charge in [0.15, 0.2) is 4.88 Å². The molecule has 7 heteroatoms. The third-order valence-corrected chi connectivity index (χ3v) is 6.47. The molecule has 5 rings (SSSR count). The summed E-state index contributed by atoms with van der Waals surface area (Å²) in [4.78, 5) is 22.8. The molecule has 1 aromatic heterocycles. The predicted molar refractivity (Wildman–Crippen MR) is 117 cm³/mol. The SMILES string of the molecule is Cc1nc(Oc2ccccc2Cl)c(C(=O)N2CCN(C3CC3)c3ccccc32)s1. The van der Waals surface area contributed by atoms with E-state index in [0.29, 0.717) is 34.1 Å². The second-order valence-electron chi connectivity index (χ2n) is 7.27. The fraction of sp³-hybridized carbons (Fsp3) is 0.273. The van der Waals surface area contributed by atoms with Crippen molar-refractivity contribution in [3.05, 3.63) is 63.4 Å². The number of amides is 1. The van der Waals surface area contributed by atoms with Gasteiger partial charge in [0.05, 0.1) is 21.4 Å². The Hall–Kier alpha value is -2.57. The minimum absolute atomic E-state index is 0.0828. The average Bonchev–Trinajstić information content (AvgIpc) is 3.51. The largest absolute Gasteiger partial charge is 0.436 e. The standard InChI is InChI=1S/C22H20ClN3O2S/c1-14-24-21(28-19-9-5-2-6-16(19)23)20(29-14)22(27)26-13-12-25(15-10-11-15)17-7-3-4-8-18(17)26/h2-9,15H,10-13H2,1H3. The molecule has 0 spiro atoms. The molecular weight excluding hydrogens is 406 g/mol. The van der Waals surface area contributed by atoms with Crippen LogP contribution in [0.25, 0.3) is 0 Å². The maximum atomic E-state index is 13.5. The molecule has 2 aromatic carbocycles. The van der Waals surface area contributed by atoms with E-state index in [1.807, 2.05) is 42.2 Å². The van der Waals surface area contributed by atoms with E-state index >= 15 is 0 Å². The van der Waals surface area contributed by atoms with Crippen molar-refractivity contribution in [3.63, 3.8) is 0 Å². The summed E-state index contributed by atoms with van der Waals surface area (Å²) < 4.78 is 5.94. The highest BCUT2D eigenvalue weighted by Crippen LogP contribution is 2.41. The molecule has 2 heterocycles. The van der Waals surface area contributed by atoms with Crippen molar-refractivity contribution in [2.75, 3.05) is 22.9 Å². The summed E-state index contributed by atoms with van der Waals surface area (Å²) in [5.74, 6) is 0.723. The molecule has 0 atom stereocenters.